The van der Waals surface area contributed by atoms with E-state index < -0.39 is 0 Å². The first-order valence-corrected chi connectivity index (χ1v) is 6.86. The Hall–Kier alpha value is -0.890. The number of hydrogen-bond acceptors (Lipinski definition) is 3. The van der Waals surface area contributed by atoms with Gasteiger partial charge in [0.2, 0.25) is 0 Å². The van der Waals surface area contributed by atoms with Crippen LogP contribution >= 0.6 is 15.9 Å². The van der Waals surface area contributed by atoms with Crippen molar-refractivity contribution < 1.29 is 0 Å². The van der Waals surface area contributed by atoms with E-state index in [4.69, 9.17) is 11.0 Å². The predicted molar refractivity (Wildman–Crippen MR) is 77.9 cm³/mol. The second kappa shape index (κ2) is 6.89. The minimum atomic E-state index is -0.00117. The molecule has 0 aliphatic carbocycles. The Bertz CT molecular complexity index is 425. The molecule has 98 valence electrons. The van der Waals surface area contributed by atoms with Gasteiger partial charge in [-0.1, -0.05) is 34.1 Å². The van der Waals surface area contributed by atoms with Crippen LogP contribution in [0.5, 0.6) is 0 Å². The van der Waals surface area contributed by atoms with Crippen molar-refractivity contribution in [2.75, 3.05) is 13.6 Å². The normalized spacial score (nSPS) is 16.1. The summed E-state index contributed by atoms with van der Waals surface area (Å²) in [6, 6.07) is 10.5. The summed E-state index contributed by atoms with van der Waals surface area (Å²) in [4.78, 5) is 2.15. The van der Waals surface area contributed by atoms with Gasteiger partial charge in [-0.2, -0.15) is 5.26 Å². The maximum Gasteiger partial charge on any atom is 0.0666 e. The van der Waals surface area contributed by atoms with Gasteiger partial charge in [-0.25, -0.2) is 0 Å². The minimum Gasteiger partial charge on any atom is -0.326 e. The molecule has 0 aromatic heterocycles. The molecule has 1 aromatic rings. The summed E-state index contributed by atoms with van der Waals surface area (Å²) in [5.74, 6) is -0.00117. The monoisotopic (exact) mass is 309 g/mol. The molecular weight excluding hydrogens is 290 g/mol. The van der Waals surface area contributed by atoms with E-state index in [1.807, 2.05) is 39.1 Å². The second-order valence-corrected chi connectivity index (χ2v) is 5.65. The van der Waals surface area contributed by atoms with Crippen LogP contribution in [0.2, 0.25) is 0 Å². The first-order valence-electron chi connectivity index (χ1n) is 6.07. The average molecular weight is 310 g/mol. The molecule has 0 radical (unpaired) electrons. The van der Waals surface area contributed by atoms with E-state index in [9.17, 15) is 0 Å². The first kappa shape index (κ1) is 15.2. The zero-order valence-corrected chi connectivity index (χ0v) is 12.7. The van der Waals surface area contributed by atoms with Crippen molar-refractivity contribution in [3.8, 4) is 6.07 Å². The summed E-state index contributed by atoms with van der Waals surface area (Å²) in [5.41, 5.74) is 7.28. The third-order valence-electron chi connectivity index (χ3n) is 2.98. The summed E-state index contributed by atoms with van der Waals surface area (Å²) < 4.78 is 1.06. The lowest BCUT2D eigenvalue weighted by molar-refractivity contribution is 0.204. The summed E-state index contributed by atoms with van der Waals surface area (Å²) in [6.07, 6.45) is 0. The van der Waals surface area contributed by atoms with Gasteiger partial charge in [-0.15, -0.1) is 0 Å². The maximum absolute atomic E-state index is 8.91. The van der Waals surface area contributed by atoms with Gasteiger partial charge in [0, 0.05) is 17.1 Å². The molecular formula is C14H20BrN3. The molecule has 0 heterocycles. The van der Waals surface area contributed by atoms with Gasteiger partial charge >= 0.3 is 0 Å². The number of rotatable bonds is 5. The molecule has 1 aromatic carbocycles. The van der Waals surface area contributed by atoms with Crippen LogP contribution in [0.15, 0.2) is 28.7 Å². The molecule has 1 rings (SSSR count). The Kier molecular flexibility index (Phi) is 5.80. The Morgan fingerprint density at radius 1 is 1.39 bits per heavy atom. The van der Waals surface area contributed by atoms with Crippen LogP contribution in [-0.2, 0) is 0 Å². The number of nitriles is 1. The third kappa shape index (κ3) is 3.81. The van der Waals surface area contributed by atoms with Crippen molar-refractivity contribution >= 4 is 15.9 Å². The van der Waals surface area contributed by atoms with Crippen LogP contribution in [0, 0.1) is 17.2 Å². The topological polar surface area (TPSA) is 53.0 Å². The highest BCUT2D eigenvalue weighted by molar-refractivity contribution is 9.10. The summed E-state index contributed by atoms with van der Waals surface area (Å²) in [7, 11) is 2.02. The fourth-order valence-electron chi connectivity index (χ4n) is 2.22. The summed E-state index contributed by atoms with van der Waals surface area (Å²) >= 11 is 3.57. The summed E-state index contributed by atoms with van der Waals surface area (Å²) in [5, 5.41) is 8.91. The Labute approximate surface area is 118 Å². The standard InChI is InChI=1S/C14H20BrN3/c1-10(8-16)9-18(3)14(11(2)17)12-6-4-5-7-13(12)15/h4-7,10-11,14H,9,17H2,1-3H3. The van der Waals surface area contributed by atoms with Crippen LogP contribution in [0.1, 0.15) is 25.5 Å². The van der Waals surface area contributed by atoms with E-state index in [1.165, 1.54) is 5.56 Å². The van der Waals surface area contributed by atoms with Crippen molar-refractivity contribution in [2.24, 2.45) is 11.7 Å². The largest absolute Gasteiger partial charge is 0.326 e. The molecule has 4 heteroatoms. The fourth-order valence-corrected chi connectivity index (χ4v) is 2.74. The number of halogens is 1. The lowest BCUT2D eigenvalue weighted by Gasteiger charge is -2.32. The van der Waals surface area contributed by atoms with E-state index in [0.29, 0.717) is 6.54 Å². The van der Waals surface area contributed by atoms with Crippen molar-refractivity contribution in [3.05, 3.63) is 34.3 Å². The molecule has 2 N–H and O–H groups in total. The van der Waals surface area contributed by atoms with Gasteiger partial charge < -0.3 is 5.73 Å². The average Bonchev–Trinajstić information content (AvgIpc) is 2.31. The van der Waals surface area contributed by atoms with Crippen LogP contribution in [0.4, 0.5) is 0 Å². The van der Waals surface area contributed by atoms with Gasteiger partial charge in [-0.05, 0) is 32.5 Å². The molecule has 3 atom stereocenters. The van der Waals surface area contributed by atoms with E-state index >= 15 is 0 Å². The number of nitrogens with two attached hydrogens (primary N) is 1. The van der Waals surface area contributed by atoms with Crippen LogP contribution in [0.3, 0.4) is 0 Å². The van der Waals surface area contributed by atoms with Crippen molar-refractivity contribution in [1.29, 1.82) is 5.26 Å². The minimum absolute atomic E-state index is 0.000377. The molecule has 0 aliphatic heterocycles. The SMILES string of the molecule is CC(C#N)CN(C)C(c1ccccc1Br)C(C)N. The van der Waals surface area contributed by atoms with Crippen molar-refractivity contribution in [2.45, 2.75) is 25.9 Å². The van der Waals surface area contributed by atoms with Crippen molar-refractivity contribution in [3.63, 3.8) is 0 Å². The smallest absolute Gasteiger partial charge is 0.0666 e. The molecule has 0 fully saturated rings. The van der Waals surface area contributed by atoms with Gasteiger partial charge in [0.15, 0.2) is 0 Å². The maximum atomic E-state index is 8.91. The van der Waals surface area contributed by atoms with Crippen LogP contribution in [0.25, 0.3) is 0 Å². The lowest BCUT2D eigenvalue weighted by Crippen LogP contribution is -2.39. The predicted octanol–water partition coefficient (Wildman–Crippen LogP) is 2.93. The molecule has 18 heavy (non-hydrogen) atoms. The van der Waals surface area contributed by atoms with Gasteiger partial charge in [0.1, 0.15) is 0 Å². The Morgan fingerprint density at radius 3 is 2.50 bits per heavy atom. The number of likely N-dealkylation sites (N-methyl/N-ethyl adjacent to an activating group) is 1. The molecule has 0 saturated carbocycles. The molecule has 3 nitrogen and oxygen atoms in total. The zero-order valence-electron chi connectivity index (χ0n) is 11.1. The van der Waals surface area contributed by atoms with E-state index in [0.717, 1.165) is 4.47 Å². The third-order valence-corrected chi connectivity index (χ3v) is 3.70. The van der Waals surface area contributed by atoms with E-state index in [1.54, 1.807) is 0 Å². The molecule has 3 unspecified atom stereocenters. The molecule has 0 bridgehead atoms. The van der Waals surface area contributed by atoms with E-state index in [2.05, 4.69) is 33.0 Å². The number of hydrogen-bond donors (Lipinski definition) is 1. The van der Waals surface area contributed by atoms with E-state index in [-0.39, 0.29) is 18.0 Å². The highest BCUT2D eigenvalue weighted by atomic mass is 79.9. The highest BCUT2D eigenvalue weighted by Crippen LogP contribution is 2.29. The van der Waals surface area contributed by atoms with Gasteiger partial charge in [0.25, 0.3) is 0 Å². The number of benzene rings is 1. The first-order chi connectivity index (χ1) is 8.47. The molecule has 0 aliphatic rings. The van der Waals surface area contributed by atoms with Crippen molar-refractivity contribution in [1.82, 2.24) is 4.90 Å². The Balaban J connectivity index is 2.97. The fraction of sp³-hybridized carbons (Fsp3) is 0.500. The summed E-state index contributed by atoms with van der Waals surface area (Å²) in [6.45, 7) is 4.64. The molecule has 0 spiro atoms. The second-order valence-electron chi connectivity index (χ2n) is 4.80. The molecule has 0 saturated heterocycles. The molecule has 0 amide bonds. The van der Waals surface area contributed by atoms with Gasteiger partial charge in [0.05, 0.1) is 18.0 Å². The quantitative estimate of drug-likeness (QED) is 0.910. The highest BCUT2D eigenvalue weighted by Gasteiger charge is 2.24. The lowest BCUT2D eigenvalue weighted by atomic mass is 9.98. The zero-order chi connectivity index (χ0) is 13.7. The number of nitrogens with zero attached hydrogens (tertiary/aromatic N) is 2. The van der Waals surface area contributed by atoms with Crippen LogP contribution < -0.4 is 5.73 Å². The Morgan fingerprint density at radius 2 is 2.00 bits per heavy atom. The van der Waals surface area contributed by atoms with Gasteiger partial charge in [-0.3, -0.25) is 4.90 Å². The van der Waals surface area contributed by atoms with Crippen LogP contribution in [-0.4, -0.2) is 24.5 Å².